The zero-order valence-corrected chi connectivity index (χ0v) is 7.38. The third kappa shape index (κ3) is 2.80. The molecule has 0 bridgehead atoms. The van der Waals surface area contributed by atoms with E-state index in [2.05, 4.69) is 25.7 Å². The van der Waals surface area contributed by atoms with E-state index in [-0.39, 0.29) is 0 Å². The van der Waals surface area contributed by atoms with Crippen molar-refractivity contribution < 1.29 is 0 Å². The van der Waals surface area contributed by atoms with Crippen molar-refractivity contribution in [2.45, 2.75) is 13.3 Å². The summed E-state index contributed by atoms with van der Waals surface area (Å²) in [5, 5.41) is 0. The topological polar surface area (TPSA) is 0 Å². The van der Waals surface area contributed by atoms with E-state index in [9.17, 15) is 0 Å². The van der Waals surface area contributed by atoms with E-state index >= 15 is 0 Å². The van der Waals surface area contributed by atoms with Gasteiger partial charge in [-0.15, -0.1) is 0 Å². The van der Waals surface area contributed by atoms with Gasteiger partial charge >= 0.3 is 0 Å². The molecule has 1 aromatic carbocycles. The van der Waals surface area contributed by atoms with E-state index in [0.717, 1.165) is 12.0 Å². The first kappa shape index (κ1) is 8.87. The first-order chi connectivity index (χ1) is 5.83. The molecule has 12 heavy (non-hydrogen) atoms. The van der Waals surface area contributed by atoms with Gasteiger partial charge in [0.25, 0.3) is 0 Å². The maximum atomic E-state index is 3.80. The Labute approximate surface area is 74.6 Å². The quantitative estimate of drug-likeness (QED) is 0.550. The number of hydrogen-bond acceptors (Lipinski definition) is 0. The lowest BCUT2D eigenvalue weighted by atomic mass is 10.1. The summed E-state index contributed by atoms with van der Waals surface area (Å²) in [4.78, 5) is 0. The Kier molecular flexibility index (Phi) is 3.41. The molecule has 0 aromatic heterocycles. The molecule has 0 heteroatoms. The number of hydrogen-bond donors (Lipinski definition) is 0. The van der Waals surface area contributed by atoms with Crippen LogP contribution in [0.4, 0.5) is 0 Å². The fourth-order valence-electron chi connectivity index (χ4n) is 0.800. The van der Waals surface area contributed by atoms with Crippen molar-refractivity contribution in [3.63, 3.8) is 0 Å². The summed E-state index contributed by atoms with van der Waals surface area (Å²) in [5.74, 6) is 6.64. The summed E-state index contributed by atoms with van der Waals surface area (Å²) >= 11 is 0. The fraction of sp³-hybridized carbons (Fsp3) is 0.250. The zero-order valence-electron chi connectivity index (χ0n) is 7.38. The highest BCUT2D eigenvalue weighted by atomic mass is 13.9. The standard InChI is InChI=1S/C12H13/c1-3-11(2)9-10-12-7-5-4-6-8-12/h4-8,11H,1,3H2,2H3. The van der Waals surface area contributed by atoms with Crippen LogP contribution in [0.3, 0.4) is 0 Å². The second-order valence-corrected chi connectivity index (χ2v) is 2.83. The minimum atomic E-state index is 0.394. The molecule has 1 atom stereocenters. The third-order valence-electron chi connectivity index (χ3n) is 1.67. The summed E-state index contributed by atoms with van der Waals surface area (Å²) in [6, 6.07) is 10.0. The summed E-state index contributed by atoms with van der Waals surface area (Å²) in [6.45, 7) is 5.88. The van der Waals surface area contributed by atoms with Crippen LogP contribution in [0.25, 0.3) is 0 Å². The molecule has 0 N–H and O–H groups in total. The third-order valence-corrected chi connectivity index (χ3v) is 1.67. The summed E-state index contributed by atoms with van der Waals surface area (Å²) in [7, 11) is 0. The molecule has 0 spiro atoms. The Morgan fingerprint density at radius 2 is 2.00 bits per heavy atom. The lowest BCUT2D eigenvalue weighted by Gasteiger charge is -1.94. The van der Waals surface area contributed by atoms with Crippen LogP contribution in [0.15, 0.2) is 30.3 Å². The maximum absolute atomic E-state index is 3.80. The highest BCUT2D eigenvalue weighted by molar-refractivity contribution is 5.33. The molecule has 1 aromatic rings. The van der Waals surface area contributed by atoms with Crippen LogP contribution < -0.4 is 0 Å². The van der Waals surface area contributed by atoms with Crippen LogP contribution in [0.5, 0.6) is 0 Å². The molecule has 1 unspecified atom stereocenters. The van der Waals surface area contributed by atoms with Gasteiger partial charge in [0.1, 0.15) is 0 Å². The van der Waals surface area contributed by atoms with E-state index in [1.807, 2.05) is 30.3 Å². The second kappa shape index (κ2) is 4.62. The molecule has 0 fully saturated rings. The van der Waals surface area contributed by atoms with Crippen molar-refractivity contribution >= 4 is 0 Å². The van der Waals surface area contributed by atoms with Crippen molar-refractivity contribution in [1.82, 2.24) is 0 Å². The lowest BCUT2D eigenvalue weighted by Crippen LogP contribution is -1.85. The molecule has 1 radical (unpaired) electrons. The summed E-state index contributed by atoms with van der Waals surface area (Å²) in [6.07, 6.45) is 0.875. The number of rotatable bonds is 1. The van der Waals surface area contributed by atoms with Crippen LogP contribution in [0.1, 0.15) is 18.9 Å². The fourth-order valence-corrected chi connectivity index (χ4v) is 0.800. The normalized spacial score (nSPS) is 11.5. The smallest absolute Gasteiger partial charge is 0.0245 e. The molecule has 0 saturated heterocycles. The van der Waals surface area contributed by atoms with Crippen LogP contribution in [0, 0.1) is 24.7 Å². The molecule has 0 nitrogen and oxygen atoms in total. The van der Waals surface area contributed by atoms with E-state index < -0.39 is 0 Å². The first-order valence-electron chi connectivity index (χ1n) is 4.18. The van der Waals surface area contributed by atoms with Crippen molar-refractivity contribution in [3.8, 4) is 11.8 Å². The largest absolute Gasteiger partial charge is 0.0948 e. The lowest BCUT2D eigenvalue weighted by molar-refractivity contribution is 0.770. The van der Waals surface area contributed by atoms with Crippen LogP contribution in [0.2, 0.25) is 0 Å². The Morgan fingerprint density at radius 1 is 1.33 bits per heavy atom. The first-order valence-corrected chi connectivity index (χ1v) is 4.18. The molecule has 1 rings (SSSR count). The van der Waals surface area contributed by atoms with Gasteiger partial charge in [-0.25, -0.2) is 0 Å². The molecular weight excluding hydrogens is 144 g/mol. The van der Waals surface area contributed by atoms with Gasteiger partial charge in [0.05, 0.1) is 0 Å². The second-order valence-electron chi connectivity index (χ2n) is 2.83. The minimum Gasteiger partial charge on any atom is -0.0948 e. The van der Waals surface area contributed by atoms with Gasteiger partial charge in [0.2, 0.25) is 0 Å². The van der Waals surface area contributed by atoms with Crippen LogP contribution in [-0.4, -0.2) is 0 Å². The molecule has 0 aliphatic rings. The minimum absolute atomic E-state index is 0.394. The Morgan fingerprint density at radius 3 is 2.58 bits per heavy atom. The van der Waals surface area contributed by atoms with Crippen molar-refractivity contribution in [2.75, 3.05) is 0 Å². The molecule has 0 amide bonds. The van der Waals surface area contributed by atoms with Gasteiger partial charge in [-0.1, -0.05) is 43.9 Å². The average Bonchev–Trinajstić information content (AvgIpc) is 2.16. The monoisotopic (exact) mass is 157 g/mol. The summed E-state index contributed by atoms with van der Waals surface area (Å²) < 4.78 is 0. The van der Waals surface area contributed by atoms with Gasteiger partial charge in [-0.3, -0.25) is 0 Å². The van der Waals surface area contributed by atoms with Crippen LogP contribution in [-0.2, 0) is 0 Å². The molecular formula is C12H13. The Hall–Kier alpha value is -1.22. The van der Waals surface area contributed by atoms with E-state index in [0.29, 0.717) is 5.92 Å². The van der Waals surface area contributed by atoms with Gasteiger partial charge in [-0.05, 0) is 18.6 Å². The molecule has 61 valence electrons. The molecule has 0 heterocycles. The van der Waals surface area contributed by atoms with Gasteiger partial charge in [0, 0.05) is 11.5 Å². The zero-order chi connectivity index (χ0) is 8.81. The molecule has 0 aliphatic carbocycles. The highest BCUT2D eigenvalue weighted by Gasteiger charge is 1.89. The average molecular weight is 157 g/mol. The van der Waals surface area contributed by atoms with Gasteiger partial charge in [0.15, 0.2) is 0 Å². The molecule has 0 aliphatic heterocycles. The highest BCUT2D eigenvalue weighted by Crippen LogP contribution is 1.99. The van der Waals surface area contributed by atoms with Gasteiger partial charge < -0.3 is 0 Å². The van der Waals surface area contributed by atoms with Crippen molar-refractivity contribution in [2.24, 2.45) is 5.92 Å². The number of benzene rings is 1. The SMILES string of the molecule is [CH2]CC(C)C#Cc1ccccc1. The molecule has 0 saturated carbocycles. The maximum Gasteiger partial charge on any atom is 0.0245 e. The van der Waals surface area contributed by atoms with E-state index in [1.165, 1.54) is 0 Å². The van der Waals surface area contributed by atoms with E-state index in [4.69, 9.17) is 0 Å². The Bertz CT molecular complexity index is 274. The summed E-state index contributed by atoms with van der Waals surface area (Å²) in [5.41, 5.74) is 1.08. The van der Waals surface area contributed by atoms with Crippen LogP contribution >= 0.6 is 0 Å². The predicted octanol–water partition coefficient (Wildman–Crippen LogP) is 2.90. The predicted molar refractivity (Wildman–Crippen MR) is 52.5 cm³/mol. The van der Waals surface area contributed by atoms with E-state index in [1.54, 1.807) is 0 Å². The Balaban J connectivity index is 2.67. The van der Waals surface area contributed by atoms with Crippen molar-refractivity contribution in [1.29, 1.82) is 0 Å². The van der Waals surface area contributed by atoms with Crippen molar-refractivity contribution in [3.05, 3.63) is 42.8 Å². The van der Waals surface area contributed by atoms with Gasteiger partial charge in [-0.2, -0.15) is 0 Å².